The van der Waals surface area contributed by atoms with Gasteiger partial charge in [-0.05, 0) is 36.1 Å². The Balaban J connectivity index is 1.87. The van der Waals surface area contributed by atoms with E-state index in [-0.39, 0.29) is 11.9 Å². The maximum absolute atomic E-state index is 13.6. The number of hydrogen-bond acceptors (Lipinski definition) is 5. The number of hydrogen-bond donors (Lipinski definition) is 1. The molecule has 0 radical (unpaired) electrons. The van der Waals surface area contributed by atoms with Gasteiger partial charge >= 0.3 is 0 Å². The molecule has 144 valence electrons. The van der Waals surface area contributed by atoms with Crippen molar-refractivity contribution in [2.75, 3.05) is 19.3 Å². The molecular weight excluding hydrogens is 373 g/mol. The number of aliphatic hydroxyl groups is 1. The minimum atomic E-state index is -1.37. The minimum absolute atomic E-state index is 0.292. The second-order valence-electron chi connectivity index (χ2n) is 7.02. The van der Waals surface area contributed by atoms with Crippen LogP contribution in [0.2, 0.25) is 0 Å². The van der Waals surface area contributed by atoms with Crippen molar-refractivity contribution in [2.24, 2.45) is 0 Å². The first-order valence-corrected chi connectivity index (χ1v) is 10.5. The molecule has 1 saturated heterocycles. The highest BCUT2D eigenvalue weighted by atomic mass is 32.2. The highest BCUT2D eigenvalue weighted by Gasteiger charge is 2.48. The van der Waals surface area contributed by atoms with E-state index in [1.54, 1.807) is 36.9 Å². The highest BCUT2D eigenvalue weighted by Crippen LogP contribution is 2.46. The van der Waals surface area contributed by atoms with E-state index in [0.29, 0.717) is 16.4 Å². The van der Waals surface area contributed by atoms with Crippen LogP contribution in [0, 0.1) is 5.82 Å². The van der Waals surface area contributed by atoms with Gasteiger partial charge < -0.3 is 5.11 Å². The van der Waals surface area contributed by atoms with Gasteiger partial charge in [-0.1, -0.05) is 24.3 Å². The van der Waals surface area contributed by atoms with Gasteiger partial charge in [0.1, 0.15) is 11.4 Å². The van der Waals surface area contributed by atoms with Crippen LogP contribution in [0.3, 0.4) is 0 Å². The van der Waals surface area contributed by atoms with Crippen LogP contribution in [0.5, 0.6) is 0 Å². The number of thioether (sulfide) groups is 1. The molecule has 0 amide bonds. The zero-order chi connectivity index (χ0) is 19.6. The summed E-state index contributed by atoms with van der Waals surface area (Å²) in [7, 11) is 0. The largest absolute Gasteiger partial charge is 0.378 e. The number of aromatic nitrogens is 2. The van der Waals surface area contributed by atoms with E-state index in [2.05, 4.69) is 21.1 Å². The van der Waals surface area contributed by atoms with Gasteiger partial charge in [0.05, 0.1) is 6.04 Å². The Morgan fingerprint density at radius 2 is 1.61 bits per heavy atom. The van der Waals surface area contributed by atoms with E-state index >= 15 is 0 Å². The average Bonchev–Trinajstić information content (AvgIpc) is 2.72. The van der Waals surface area contributed by atoms with Crippen molar-refractivity contribution in [3.63, 3.8) is 0 Å². The van der Waals surface area contributed by atoms with Crippen LogP contribution in [0.25, 0.3) is 0 Å². The molecule has 0 spiro atoms. The lowest BCUT2D eigenvalue weighted by Crippen LogP contribution is -2.56. The fraction of sp³-hybridized carbons (Fsp3) is 0.273. The number of likely N-dealkylation sites (tertiary alicyclic amines) is 1. The third kappa shape index (κ3) is 3.43. The molecule has 3 heterocycles. The van der Waals surface area contributed by atoms with E-state index in [9.17, 15) is 9.50 Å². The monoisotopic (exact) mass is 395 g/mol. The Hall–Kier alpha value is -2.28. The lowest BCUT2D eigenvalue weighted by atomic mass is 9.76. The molecule has 0 bridgehead atoms. The maximum atomic E-state index is 13.6. The molecule has 4 rings (SSSR count). The van der Waals surface area contributed by atoms with Gasteiger partial charge in [-0.3, -0.25) is 14.9 Å². The summed E-state index contributed by atoms with van der Waals surface area (Å²) in [6, 6.07) is 13.4. The smallest absolute Gasteiger partial charge is 0.137 e. The van der Waals surface area contributed by atoms with E-state index in [0.717, 1.165) is 18.7 Å². The number of pyridine rings is 2. The van der Waals surface area contributed by atoms with E-state index in [4.69, 9.17) is 0 Å². The Morgan fingerprint density at radius 3 is 2.07 bits per heavy atom. The molecule has 1 aromatic carbocycles. The molecule has 1 unspecified atom stereocenters. The van der Waals surface area contributed by atoms with Crippen LogP contribution < -0.4 is 0 Å². The molecule has 1 aliphatic rings. The van der Waals surface area contributed by atoms with Gasteiger partial charge in [0, 0.05) is 54.3 Å². The quantitative estimate of drug-likeness (QED) is 0.691. The molecule has 2 aromatic heterocycles. The average molecular weight is 396 g/mol. The molecular formula is C22H22FN3OS. The summed E-state index contributed by atoms with van der Waals surface area (Å²) in [5.41, 5.74) is 0.856. The Labute approximate surface area is 168 Å². The van der Waals surface area contributed by atoms with Gasteiger partial charge in [-0.25, -0.2) is 4.39 Å². The summed E-state index contributed by atoms with van der Waals surface area (Å²) >= 11 is 1.82. The molecule has 1 fully saturated rings. The van der Waals surface area contributed by atoms with Crippen LogP contribution in [-0.2, 0) is 5.60 Å². The summed E-state index contributed by atoms with van der Waals surface area (Å²) in [5.74, 6) is -0.292. The molecule has 0 aliphatic carbocycles. The van der Waals surface area contributed by atoms with Crippen molar-refractivity contribution < 1.29 is 9.50 Å². The fourth-order valence-corrected chi connectivity index (χ4v) is 4.53. The second-order valence-corrected chi connectivity index (χ2v) is 8.15. The van der Waals surface area contributed by atoms with Crippen LogP contribution in [-0.4, -0.2) is 44.6 Å². The van der Waals surface area contributed by atoms with Crippen molar-refractivity contribution >= 4 is 11.8 Å². The molecule has 0 saturated carbocycles. The first-order chi connectivity index (χ1) is 13.6. The second kappa shape index (κ2) is 7.99. The Morgan fingerprint density at radius 1 is 1.04 bits per heavy atom. The lowest BCUT2D eigenvalue weighted by Gasteiger charge is -2.50. The third-order valence-corrected chi connectivity index (χ3v) is 6.32. The van der Waals surface area contributed by atoms with E-state index in [1.807, 2.05) is 36.0 Å². The van der Waals surface area contributed by atoms with Gasteiger partial charge in [0.15, 0.2) is 0 Å². The maximum Gasteiger partial charge on any atom is 0.137 e. The molecule has 4 nitrogen and oxygen atoms in total. The first-order valence-electron chi connectivity index (χ1n) is 9.18. The highest BCUT2D eigenvalue weighted by molar-refractivity contribution is 7.99. The third-order valence-electron chi connectivity index (χ3n) is 5.36. The minimum Gasteiger partial charge on any atom is -0.378 e. The van der Waals surface area contributed by atoms with Gasteiger partial charge in [-0.15, -0.1) is 0 Å². The number of nitrogens with zero attached hydrogens (tertiary/aromatic N) is 3. The van der Waals surface area contributed by atoms with Crippen LogP contribution in [0.4, 0.5) is 4.39 Å². The standard InChI is InChI=1S/C22H22FN3OS/c1-28-20-14-26(15-20)21(16-6-8-19(23)9-7-16)22(27,17-4-2-10-24-12-17)18-5-3-11-25-13-18/h2-13,20-21,27H,14-15H2,1H3. The molecule has 28 heavy (non-hydrogen) atoms. The van der Waals surface area contributed by atoms with Crippen molar-refractivity contribution in [3.05, 3.63) is 95.8 Å². The van der Waals surface area contributed by atoms with Crippen molar-refractivity contribution in [1.29, 1.82) is 0 Å². The summed E-state index contributed by atoms with van der Waals surface area (Å²) in [4.78, 5) is 10.7. The van der Waals surface area contributed by atoms with E-state index in [1.165, 1.54) is 12.1 Å². The lowest BCUT2D eigenvalue weighted by molar-refractivity contribution is -0.0443. The molecule has 1 aliphatic heterocycles. The van der Waals surface area contributed by atoms with Crippen LogP contribution >= 0.6 is 11.8 Å². The SMILES string of the molecule is CSC1CN(C(c2ccc(F)cc2)C(O)(c2cccnc2)c2cccnc2)C1. The predicted molar refractivity (Wildman–Crippen MR) is 109 cm³/mol. The predicted octanol–water partition coefficient (Wildman–Crippen LogP) is 3.64. The number of halogens is 1. The Bertz CT molecular complexity index is 863. The van der Waals surface area contributed by atoms with E-state index < -0.39 is 5.60 Å². The van der Waals surface area contributed by atoms with Gasteiger partial charge in [-0.2, -0.15) is 11.8 Å². The van der Waals surface area contributed by atoms with Crippen LogP contribution in [0.1, 0.15) is 22.7 Å². The first kappa shape index (κ1) is 19.1. The van der Waals surface area contributed by atoms with Crippen molar-refractivity contribution in [3.8, 4) is 0 Å². The molecule has 6 heteroatoms. The molecule has 1 atom stereocenters. The molecule has 1 N–H and O–H groups in total. The van der Waals surface area contributed by atoms with Crippen LogP contribution in [0.15, 0.2) is 73.3 Å². The van der Waals surface area contributed by atoms with Gasteiger partial charge in [0.2, 0.25) is 0 Å². The van der Waals surface area contributed by atoms with Crippen molar-refractivity contribution in [1.82, 2.24) is 14.9 Å². The summed E-state index contributed by atoms with van der Waals surface area (Å²) in [5, 5.41) is 12.7. The zero-order valence-corrected chi connectivity index (χ0v) is 16.4. The van der Waals surface area contributed by atoms with Gasteiger partial charge in [0.25, 0.3) is 0 Å². The summed E-state index contributed by atoms with van der Waals surface area (Å²) < 4.78 is 13.6. The Kier molecular flexibility index (Phi) is 5.44. The normalized spacial score (nSPS) is 16.5. The zero-order valence-electron chi connectivity index (χ0n) is 15.6. The summed E-state index contributed by atoms with van der Waals surface area (Å²) in [6.07, 6.45) is 8.86. The van der Waals surface area contributed by atoms with Crippen molar-refractivity contribution in [2.45, 2.75) is 16.9 Å². The number of benzene rings is 1. The number of rotatable bonds is 6. The fourth-order valence-electron chi connectivity index (χ4n) is 3.85. The summed E-state index contributed by atoms with van der Waals surface area (Å²) in [6.45, 7) is 1.71. The molecule has 3 aromatic rings. The topological polar surface area (TPSA) is 49.2 Å².